The summed E-state index contributed by atoms with van der Waals surface area (Å²) in [7, 11) is 2.01. The molecule has 1 heterocycles. The largest absolute Gasteiger partial charge is 0.329 e. The van der Waals surface area contributed by atoms with Gasteiger partial charge in [0, 0.05) is 7.05 Å². The maximum Gasteiger partial charge on any atom is 0.126 e. The molecule has 3 nitrogen and oxygen atoms in total. The third-order valence-electron chi connectivity index (χ3n) is 4.34. The van der Waals surface area contributed by atoms with Crippen LogP contribution in [0.4, 0.5) is 0 Å². The molecule has 0 bridgehead atoms. The summed E-state index contributed by atoms with van der Waals surface area (Å²) in [6.45, 7) is 0. The molecule has 1 aliphatic carbocycles. The average molecular weight is 278 g/mol. The molecule has 0 amide bonds. The highest BCUT2D eigenvalue weighted by atomic mass is 35.5. The third kappa shape index (κ3) is 2.26. The molecule has 1 aromatic heterocycles. The van der Waals surface area contributed by atoms with E-state index < -0.39 is 0 Å². The van der Waals surface area contributed by atoms with Crippen LogP contribution in [0, 0.1) is 5.92 Å². The second-order valence-electron chi connectivity index (χ2n) is 5.56. The lowest BCUT2D eigenvalue weighted by molar-refractivity contribution is 0.298. The van der Waals surface area contributed by atoms with Crippen LogP contribution in [-0.4, -0.2) is 9.55 Å². The van der Waals surface area contributed by atoms with Crippen LogP contribution in [0.15, 0.2) is 18.2 Å². The molecule has 1 atom stereocenters. The van der Waals surface area contributed by atoms with Crippen LogP contribution >= 0.6 is 11.6 Å². The molecule has 1 aromatic carbocycles. The van der Waals surface area contributed by atoms with Crippen LogP contribution in [-0.2, 0) is 7.05 Å². The Morgan fingerprint density at radius 2 is 2.05 bits per heavy atom. The fraction of sp³-hybridized carbons (Fsp3) is 0.533. The molecule has 0 spiro atoms. The van der Waals surface area contributed by atoms with Crippen molar-refractivity contribution in [2.75, 3.05) is 0 Å². The van der Waals surface area contributed by atoms with Crippen molar-refractivity contribution >= 4 is 22.6 Å². The molecular formula is C15H20ClN3. The van der Waals surface area contributed by atoms with E-state index in [1.807, 2.05) is 25.2 Å². The van der Waals surface area contributed by atoms with E-state index in [9.17, 15) is 0 Å². The maximum atomic E-state index is 6.46. The van der Waals surface area contributed by atoms with E-state index in [0.717, 1.165) is 21.9 Å². The molecule has 1 unspecified atom stereocenters. The number of aromatic nitrogens is 2. The zero-order valence-corrected chi connectivity index (χ0v) is 12.0. The first-order chi connectivity index (χ1) is 9.18. The van der Waals surface area contributed by atoms with Crippen LogP contribution in [0.2, 0.25) is 5.02 Å². The lowest BCUT2D eigenvalue weighted by Crippen LogP contribution is -2.26. The number of fused-ring (bicyclic) bond motifs is 1. The Hall–Kier alpha value is -1.06. The topological polar surface area (TPSA) is 43.8 Å². The highest BCUT2D eigenvalue weighted by Gasteiger charge is 2.26. The quantitative estimate of drug-likeness (QED) is 0.907. The molecule has 4 heteroatoms. The van der Waals surface area contributed by atoms with Gasteiger partial charge in [-0.25, -0.2) is 4.98 Å². The number of nitrogens with two attached hydrogens (primary N) is 1. The molecular weight excluding hydrogens is 258 g/mol. The summed E-state index contributed by atoms with van der Waals surface area (Å²) < 4.78 is 2.07. The van der Waals surface area contributed by atoms with Crippen molar-refractivity contribution < 1.29 is 0 Å². The van der Waals surface area contributed by atoms with E-state index in [1.54, 1.807) is 0 Å². The molecule has 3 rings (SSSR count). The van der Waals surface area contributed by atoms with Crippen LogP contribution in [0.5, 0.6) is 0 Å². The first-order valence-electron chi connectivity index (χ1n) is 7.05. The molecule has 2 aromatic rings. The van der Waals surface area contributed by atoms with Crippen molar-refractivity contribution in [3.05, 3.63) is 29.0 Å². The highest BCUT2D eigenvalue weighted by Crippen LogP contribution is 2.34. The van der Waals surface area contributed by atoms with Gasteiger partial charge in [-0.05, 0) is 30.9 Å². The zero-order valence-electron chi connectivity index (χ0n) is 11.3. The summed E-state index contributed by atoms with van der Waals surface area (Å²) in [5, 5.41) is 0.745. The van der Waals surface area contributed by atoms with Crippen molar-refractivity contribution in [1.29, 1.82) is 0 Å². The van der Waals surface area contributed by atoms with Crippen molar-refractivity contribution in [2.24, 2.45) is 18.7 Å². The molecule has 0 radical (unpaired) electrons. The number of benzene rings is 1. The number of imidazole rings is 1. The standard InChI is InChI=1S/C15H20ClN3/c1-19-14-11(16)8-5-9-12(14)18-15(19)13(17)10-6-3-2-4-7-10/h5,8-10,13H,2-4,6-7,17H2,1H3. The molecule has 1 fully saturated rings. The molecule has 0 saturated heterocycles. The molecule has 19 heavy (non-hydrogen) atoms. The Morgan fingerprint density at radius 1 is 1.32 bits per heavy atom. The number of aryl methyl sites for hydroxylation is 1. The number of para-hydroxylation sites is 1. The summed E-state index contributed by atoms with van der Waals surface area (Å²) in [6.07, 6.45) is 6.37. The van der Waals surface area contributed by atoms with Gasteiger partial charge in [0.05, 0.1) is 22.1 Å². The molecule has 0 aliphatic heterocycles. The maximum absolute atomic E-state index is 6.46. The smallest absolute Gasteiger partial charge is 0.126 e. The van der Waals surface area contributed by atoms with Crippen molar-refractivity contribution in [2.45, 2.75) is 38.1 Å². The minimum absolute atomic E-state index is 0.0220. The molecule has 1 saturated carbocycles. The Kier molecular flexibility index (Phi) is 3.50. The molecule has 1 aliphatic rings. The van der Waals surface area contributed by atoms with E-state index >= 15 is 0 Å². The predicted molar refractivity (Wildman–Crippen MR) is 79.2 cm³/mol. The van der Waals surface area contributed by atoms with Gasteiger partial charge in [-0.2, -0.15) is 0 Å². The minimum Gasteiger partial charge on any atom is -0.329 e. The van der Waals surface area contributed by atoms with Crippen LogP contribution in [0.3, 0.4) is 0 Å². The van der Waals surface area contributed by atoms with Crippen LogP contribution in [0.25, 0.3) is 11.0 Å². The normalized spacial score (nSPS) is 18.9. The summed E-state index contributed by atoms with van der Waals surface area (Å²) >= 11 is 6.26. The number of hydrogen-bond acceptors (Lipinski definition) is 2. The monoisotopic (exact) mass is 277 g/mol. The van der Waals surface area contributed by atoms with Crippen molar-refractivity contribution in [3.63, 3.8) is 0 Å². The second-order valence-corrected chi connectivity index (χ2v) is 5.97. The van der Waals surface area contributed by atoms with E-state index in [4.69, 9.17) is 22.3 Å². The van der Waals surface area contributed by atoms with Gasteiger partial charge in [-0.15, -0.1) is 0 Å². The third-order valence-corrected chi connectivity index (χ3v) is 4.64. The Morgan fingerprint density at radius 3 is 2.74 bits per heavy atom. The van der Waals surface area contributed by atoms with E-state index in [0.29, 0.717) is 5.92 Å². The van der Waals surface area contributed by atoms with Crippen LogP contribution in [0.1, 0.15) is 44.0 Å². The summed E-state index contributed by atoms with van der Waals surface area (Å²) in [6, 6.07) is 5.86. The fourth-order valence-electron chi connectivity index (χ4n) is 3.24. The molecule has 102 valence electrons. The van der Waals surface area contributed by atoms with E-state index in [-0.39, 0.29) is 6.04 Å². The summed E-state index contributed by atoms with van der Waals surface area (Å²) in [5.41, 5.74) is 8.39. The predicted octanol–water partition coefficient (Wildman–Crippen LogP) is 3.81. The van der Waals surface area contributed by atoms with Gasteiger partial charge in [0.2, 0.25) is 0 Å². The van der Waals surface area contributed by atoms with Gasteiger partial charge in [-0.1, -0.05) is 36.9 Å². The average Bonchev–Trinajstić information content (AvgIpc) is 2.78. The van der Waals surface area contributed by atoms with E-state index in [2.05, 4.69) is 4.57 Å². The SMILES string of the molecule is Cn1c(C(N)C2CCCCC2)nc2cccc(Cl)c21. The zero-order chi connectivity index (χ0) is 13.4. The number of halogens is 1. The van der Waals surface area contributed by atoms with E-state index in [1.165, 1.54) is 32.1 Å². The van der Waals surface area contributed by atoms with Gasteiger partial charge < -0.3 is 10.3 Å². The van der Waals surface area contributed by atoms with Gasteiger partial charge in [0.1, 0.15) is 5.82 Å². The minimum atomic E-state index is 0.0220. The van der Waals surface area contributed by atoms with Gasteiger partial charge in [0.25, 0.3) is 0 Å². The fourth-order valence-corrected chi connectivity index (χ4v) is 3.54. The van der Waals surface area contributed by atoms with Crippen LogP contribution < -0.4 is 5.73 Å². The first kappa shape index (κ1) is 12.9. The Labute approximate surface area is 118 Å². The summed E-state index contributed by atoms with van der Waals surface area (Å²) in [4.78, 5) is 4.70. The second kappa shape index (κ2) is 5.14. The van der Waals surface area contributed by atoms with Gasteiger partial charge in [0.15, 0.2) is 0 Å². The van der Waals surface area contributed by atoms with Crippen molar-refractivity contribution in [1.82, 2.24) is 9.55 Å². The lowest BCUT2D eigenvalue weighted by Gasteiger charge is -2.27. The summed E-state index contributed by atoms with van der Waals surface area (Å²) in [5.74, 6) is 1.53. The highest BCUT2D eigenvalue weighted by molar-refractivity contribution is 6.35. The first-order valence-corrected chi connectivity index (χ1v) is 7.42. The number of hydrogen-bond donors (Lipinski definition) is 1. The van der Waals surface area contributed by atoms with Gasteiger partial charge >= 0.3 is 0 Å². The van der Waals surface area contributed by atoms with Crippen molar-refractivity contribution in [3.8, 4) is 0 Å². The lowest BCUT2D eigenvalue weighted by atomic mass is 9.84. The number of rotatable bonds is 2. The van der Waals surface area contributed by atoms with Gasteiger partial charge in [-0.3, -0.25) is 0 Å². The Balaban J connectivity index is 2.00. The molecule has 2 N–H and O–H groups in total. The Bertz CT molecular complexity index is 584. The number of nitrogens with zero attached hydrogens (tertiary/aromatic N) is 2.